The molecule has 0 bridgehead atoms. The van der Waals surface area contributed by atoms with Crippen LogP contribution < -0.4 is 10.9 Å². The summed E-state index contributed by atoms with van der Waals surface area (Å²) in [6.45, 7) is 0. The average Bonchev–Trinajstić information content (AvgIpc) is 2.03. The zero-order chi connectivity index (χ0) is 8.10. The van der Waals surface area contributed by atoms with Crippen LogP contribution in [-0.2, 0) is 0 Å². The molecule has 11 heavy (non-hydrogen) atoms. The third-order valence-electron chi connectivity index (χ3n) is 1.09. The monoisotopic (exact) mass is 184 g/mol. The molecule has 0 unspecified atom stereocenters. The zero-order valence-electron chi connectivity index (χ0n) is 5.74. The first-order valence-corrected chi connectivity index (χ1v) is 3.94. The minimum atomic E-state index is 0.425. The van der Waals surface area contributed by atoms with E-state index in [4.69, 9.17) is 0 Å². The van der Waals surface area contributed by atoms with Crippen molar-refractivity contribution in [2.75, 3.05) is 5.43 Å². The Morgan fingerprint density at radius 3 is 2.45 bits per heavy atom. The van der Waals surface area contributed by atoms with Gasteiger partial charge in [-0.25, -0.2) is 0 Å². The van der Waals surface area contributed by atoms with Gasteiger partial charge in [0.05, 0.1) is 5.69 Å². The van der Waals surface area contributed by atoms with Crippen LogP contribution in [-0.4, -0.2) is 4.32 Å². The molecular formula is C7H8N2S2. The van der Waals surface area contributed by atoms with E-state index in [0.29, 0.717) is 4.32 Å². The predicted molar refractivity (Wildman–Crippen MR) is 54.8 cm³/mol. The number of hydrazine groups is 1. The van der Waals surface area contributed by atoms with E-state index in [9.17, 15) is 0 Å². The van der Waals surface area contributed by atoms with Crippen molar-refractivity contribution in [1.82, 2.24) is 5.43 Å². The van der Waals surface area contributed by atoms with E-state index in [1.807, 2.05) is 30.3 Å². The van der Waals surface area contributed by atoms with Crippen LogP contribution in [0.1, 0.15) is 0 Å². The van der Waals surface area contributed by atoms with Gasteiger partial charge in [-0.3, -0.25) is 10.9 Å². The van der Waals surface area contributed by atoms with Gasteiger partial charge in [0.25, 0.3) is 0 Å². The highest BCUT2D eigenvalue weighted by molar-refractivity contribution is 8.11. The van der Waals surface area contributed by atoms with Crippen molar-refractivity contribution in [1.29, 1.82) is 0 Å². The van der Waals surface area contributed by atoms with Gasteiger partial charge >= 0.3 is 0 Å². The molecule has 2 N–H and O–H groups in total. The van der Waals surface area contributed by atoms with Crippen LogP contribution in [0.25, 0.3) is 0 Å². The summed E-state index contributed by atoms with van der Waals surface area (Å²) in [5.41, 5.74) is 6.55. The van der Waals surface area contributed by atoms with E-state index in [1.165, 1.54) is 0 Å². The van der Waals surface area contributed by atoms with Gasteiger partial charge < -0.3 is 0 Å². The molecule has 1 aromatic rings. The van der Waals surface area contributed by atoms with Crippen LogP contribution in [0.3, 0.4) is 0 Å². The molecule has 2 nitrogen and oxygen atoms in total. The molecule has 1 aromatic carbocycles. The smallest absolute Gasteiger partial charge is 0.149 e. The molecule has 0 saturated heterocycles. The van der Waals surface area contributed by atoms with Gasteiger partial charge in [-0.1, -0.05) is 30.4 Å². The first-order chi connectivity index (χ1) is 5.29. The molecule has 0 aliphatic carbocycles. The lowest BCUT2D eigenvalue weighted by Gasteiger charge is -2.05. The topological polar surface area (TPSA) is 24.1 Å². The van der Waals surface area contributed by atoms with E-state index in [0.717, 1.165) is 5.69 Å². The number of rotatable bonds is 2. The van der Waals surface area contributed by atoms with Crippen LogP contribution in [0.4, 0.5) is 5.69 Å². The molecule has 0 atom stereocenters. The minimum absolute atomic E-state index is 0.425. The van der Waals surface area contributed by atoms with E-state index < -0.39 is 0 Å². The Labute approximate surface area is 76.4 Å². The number of thiol groups is 1. The van der Waals surface area contributed by atoms with Gasteiger partial charge in [0.1, 0.15) is 4.32 Å². The maximum absolute atomic E-state index is 4.69. The Morgan fingerprint density at radius 1 is 1.27 bits per heavy atom. The van der Waals surface area contributed by atoms with Gasteiger partial charge in [-0.15, -0.1) is 12.6 Å². The largest absolute Gasteiger partial charge is 0.300 e. The van der Waals surface area contributed by atoms with E-state index in [2.05, 4.69) is 35.7 Å². The van der Waals surface area contributed by atoms with Crippen LogP contribution in [0.5, 0.6) is 0 Å². The van der Waals surface area contributed by atoms with Crippen LogP contribution >= 0.6 is 24.8 Å². The van der Waals surface area contributed by atoms with Crippen LogP contribution in [0.2, 0.25) is 0 Å². The highest BCUT2D eigenvalue weighted by Gasteiger charge is 1.86. The SMILES string of the molecule is S=C(S)NNc1ccccc1. The fourth-order valence-electron chi connectivity index (χ4n) is 0.647. The molecule has 0 fully saturated rings. The summed E-state index contributed by atoms with van der Waals surface area (Å²) in [6, 6.07) is 9.68. The van der Waals surface area contributed by atoms with Gasteiger partial charge in [0, 0.05) is 0 Å². The first-order valence-electron chi connectivity index (χ1n) is 3.09. The van der Waals surface area contributed by atoms with Crippen LogP contribution in [0, 0.1) is 0 Å². The molecule has 0 aliphatic heterocycles. The van der Waals surface area contributed by atoms with Crippen molar-refractivity contribution in [2.45, 2.75) is 0 Å². The fraction of sp³-hybridized carbons (Fsp3) is 0. The Bertz CT molecular complexity index is 235. The highest BCUT2D eigenvalue weighted by Crippen LogP contribution is 2.02. The number of nitrogens with one attached hydrogen (secondary N) is 2. The zero-order valence-corrected chi connectivity index (χ0v) is 7.45. The third kappa shape index (κ3) is 3.25. The Hall–Kier alpha value is -0.740. The number of anilines is 1. The summed E-state index contributed by atoms with van der Waals surface area (Å²) in [4.78, 5) is 0. The summed E-state index contributed by atoms with van der Waals surface area (Å²) in [6.07, 6.45) is 0. The molecule has 0 radical (unpaired) electrons. The van der Waals surface area contributed by atoms with Crippen molar-refractivity contribution in [3.63, 3.8) is 0 Å². The second-order valence-corrected chi connectivity index (χ2v) is 3.08. The summed E-state index contributed by atoms with van der Waals surface area (Å²) in [5.74, 6) is 0. The third-order valence-corrected chi connectivity index (χ3v) is 1.30. The number of thiocarbonyl (C=S) groups is 1. The molecule has 58 valence electrons. The molecule has 0 saturated carbocycles. The Morgan fingerprint density at radius 2 is 1.91 bits per heavy atom. The molecule has 0 aromatic heterocycles. The Kier molecular flexibility index (Phi) is 3.19. The van der Waals surface area contributed by atoms with Crippen molar-refractivity contribution >= 4 is 34.9 Å². The maximum Gasteiger partial charge on any atom is 0.149 e. The first kappa shape index (κ1) is 8.36. The number of benzene rings is 1. The molecular weight excluding hydrogens is 176 g/mol. The molecule has 4 heteroatoms. The predicted octanol–water partition coefficient (Wildman–Crippen LogP) is 1.82. The van der Waals surface area contributed by atoms with E-state index >= 15 is 0 Å². The fourth-order valence-corrected chi connectivity index (χ4v) is 0.754. The van der Waals surface area contributed by atoms with Crippen LogP contribution in [0.15, 0.2) is 30.3 Å². The lowest BCUT2D eigenvalue weighted by Crippen LogP contribution is -2.23. The van der Waals surface area contributed by atoms with Crippen molar-refractivity contribution in [2.24, 2.45) is 0 Å². The van der Waals surface area contributed by atoms with E-state index in [1.54, 1.807) is 0 Å². The number of hydrogen-bond donors (Lipinski definition) is 3. The quantitative estimate of drug-likeness (QED) is 0.371. The lowest BCUT2D eigenvalue weighted by molar-refractivity contribution is 1.17. The summed E-state index contributed by atoms with van der Waals surface area (Å²) in [5, 5.41) is 0. The molecule has 0 amide bonds. The van der Waals surface area contributed by atoms with E-state index in [-0.39, 0.29) is 0 Å². The second kappa shape index (κ2) is 4.20. The summed E-state index contributed by atoms with van der Waals surface area (Å²) >= 11 is 8.57. The van der Waals surface area contributed by atoms with Crippen molar-refractivity contribution in [3.05, 3.63) is 30.3 Å². The lowest BCUT2D eigenvalue weighted by atomic mass is 10.3. The number of hydrogen-bond acceptors (Lipinski definition) is 2. The maximum atomic E-state index is 4.69. The van der Waals surface area contributed by atoms with Gasteiger partial charge in [-0.05, 0) is 12.1 Å². The van der Waals surface area contributed by atoms with Gasteiger partial charge in [0.2, 0.25) is 0 Å². The van der Waals surface area contributed by atoms with Crippen molar-refractivity contribution < 1.29 is 0 Å². The molecule has 0 spiro atoms. The minimum Gasteiger partial charge on any atom is -0.300 e. The molecule has 1 rings (SSSR count). The number of para-hydroxylation sites is 1. The molecule has 0 aliphatic rings. The van der Waals surface area contributed by atoms with Gasteiger partial charge in [0.15, 0.2) is 0 Å². The average molecular weight is 184 g/mol. The highest BCUT2D eigenvalue weighted by atomic mass is 32.1. The molecule has 0 heterocycles. The summed E-state index contributed by atoms with van der Waals surface area (Å²) in [7, 11) is 0. The van der Waals surface area contributed by atoms with Gasteiger partial charge in [-0.2, -0.15) is 0 Å². The van der Waals surface area contributed by atoms with Crippen molar-refractivity contribution in [3.8, 4) is 0 Å². The standard InChI is InChI=1S/C7H8N2S2/c10-7(11)9-8-6-4-2-1-3-5-6/h1-5,8H,(H2,9,10,11). The second-order valence-electron chi connectivity index (χ2n) is 1.92. The Balaban J connectivity index is 2.45. The normalized spacial score (nSPS) is 8.82. The summed E-state index contributed by atoms with van der Waals surface area (Å²) < 4.78 is 0.425.